The molecule has 0 bridgehead atoms. The van der Waals surface area contributed by atoms with Crippen LogP contribution in [0.15, 0.2) is 106 Å². The number of nitrogens with one attached hydrogen (secondary N) is 1. The zero-order valence-corrected chi connectivity index (χ0v) is 25.4. The number of nitrogens with zero attached hydrogens (tertiary/aromatic N) is 5. The Hall–Kier alpha value is -5.15. The van der Waals surface area contributed by atoms with Crippen LogP contribution in [0, 0.1) is 20.8 Å². The van der Waals surface area contributed by atoms with Crippen molar-refractivity contribution in [1.29, 1.82) is 0 Å². The largest absolute Gasteiger partial charge is 0.361 e. The first-order valence-corrected chi connectivity index (χ1v) is 15.3. The second-order valence-corrected chi connectivity index (χ2v) is 11.8. The Bertz CT molecular complexity index is 2190. The fraction of sp³-hybridized carbons (Fsp3) is 0.143. The van der Waals surface area contributed by atoms with Crippen LogP contribution in [0.4, 0.5) is 5.69 Å². The van der Waals surface area contributed by atoms with Crippen LogP contribution >= 0.6 is 11.8 Å². The van der Waals surface area contributed by atoms with Gasteiger partial charge in [-0.1, -0.05) is 48.5 Å². The molecular weight excluding hydrogens is 568 g/mol. The first kappa shape index (κ1) is 27.7. The van der Waals surface area contributed by atoms with E-state index in [4.69, 9.17) is 4.99 Å². The molecule has 1 aliphatic rings. The third-order valence-electron chi connectivity index (χ3n) is 7.98. The molecule has 7 rings (SSSR count). The lowest BCUT2D eigenvalue weighted by molar-refractivity contribution is -0.122. The van der Waals surface area contributed by atoms with E-state index >= 15 is 0 Å². The Kier molecular flexibility index (Phi) is 7.02. The molecule has 8 nitrogen and oxygen atoms in total. The van der Waals surface area contributed by atoms with Gasteiger partial charge >= 0.3 is 0 Å². The summed E-state index contributed by atoms with van der Waals surface area (Å²) in [7, 11) is 0. The molecule has 6 aromatic rings. The Balaban J connectivity index is 1.26. The lowest BCUT2D eigenvalue weighted by Crippen LogP contribution is -2.31. The zero-order chi connectivity index (χ0) is 30.4. The van der Waals surface area contributed by atoms with Gasteiger partial charge in [0, 0.05) is 35.0 Å². The monoisotopic (exact) mass is 598 g/mol. The van der Waals surface area contributed by atoms with Crippen molar-refractivity contribution in [3.63, 3.8) is 0 Å². The number of hydrogen-bond acceptors (Lipinski definition) is 5. The summed E-state index contributed by atoms with van der Waals surface area (Å²) in [5.41, 5.74) is 6.11. The SMILES string of the molecule is Cc1cc(C=C2SC(=Nc3ccccc3)N(CCc3c[nH]c4ccccc34)C2=O)c(C)n1-n1c(C)nc2ccccc2c1=O. The van der Waals surface area contributed by atoms with Gasteiger partial charge in [-0.25, -0.2) is 9.98 Å². The average molecular weight is 599 g/mol. The number of aryl methyl sites for hydroxylation is 2. The minimum absolute atomic E-state index is 0.0879. The lowest BCUT2D eigenvalue weighted by Gasteiger charge is -2.16. The van der Waals surface area contributed by atoms with Crippen molar-refractivity contribution in [3.8, 4) is 0 Å². The summed E-state index contributed by atoms with van der Waals surface area (Å²) in [6.07, 6.45) is 4.61. The fourth-order valence-corrected chi connectivity index (χ4v) is 6.83. The van der Waals surface area contributed by atoms with Crippen LogP contribution in [0.2, 0.25) is 0 Å². The number of thioether (sulfide) groups is 1. The Morgan fingerprint density at radius 3 is 2.43 bits per heavy atom. The van der Waals surface area contributed by atoms with Crippen molar-refractivity contribution >= 4 is 56.4 Å². The topological polar surface area (TPSA) is 88.3 Å². The second-order valence-electron chi connectivity index (χ2n) is 10.8. The smallest absolute Gasteiger partial charge is 0.280 e. The van der Waals surface area contributed by atoms with Crippen LogP contribution < -0.4 is 5.56 Å². The highest BCUT2D eigenvalue weighted by atomic mass is 32.2. The Morgan fingerprint density at radius 1 is 0.886 bits per heavy atom. The number of carbonyl (C=O) groups excluding carboxylic acids is 1. The summed E-state index contributed by atoms with van der Waals surface area (Å²) >= 11 is 1.37. The lowest BCUT2D eigenvalue weighted by atomic mass is 10.1. The van der Waals surface area contributed by atoms with Crippen molar-refractivity contribution in [2.24, 2.45) is 4.99 Å². The highest BCUT2D eigenvalue weighted by Gasteiger charge is 2.33. The van der Waals surface area contributed by atoms with Crippen molar-refractivity contribution < 1.29 is 4.79 Å². The van der Waals surface area contributed by atoms with Gasteiger partial charge in [0.2, 0.25) is 0 Å². The third-order valence-corrected chi connectivity index (χ3v) is 8.99. The number of rotatable bonds is 6. The summed E-state index contributed by atoms with van der Waals surface area (Å²) in [6, 6.07) is 27.3. The van der Waals surface area contributed by atoms with E-state index in [2.05, 4.69) is 22.1 Å². The minimum atomic E-state index is -0.138. The predicted octanol–water partition coefficient (Wildman–Crippen LogP) is 6.76. The fourth-order valence-electron chi connectivity index (χ4n) is 5.82. The first-order chi connectivity index (χ1) is 21.4. The molecule has 0 spiro atoms. The van der Waals surface area contributed by atoms with Gasteiger partial charge in [0.15, 0.2) is 5.17 Å². The number of benzene rings is 3. The van der Waals surface area contributed by atoms with E-state index in [9.17, 15) is 9.59 Å². The molecule has 3 aromatic heterocycles. The first-order valence-electron chi connectivity index (χ1n) is 14.5. The summed E-state index contributed by atoms with van der Waals surface area (Å²) in [5, 5.41) is 2.36. The molecule has 4 heterocycles. The van der Waals surface area contributed by atoms with Gasteiger partial charge in [0.1, 0.15) is 5.82 Å². The highest BCUT2D eigenvalue weighted by molar-refractivity contribution is 8.18. The number of aromatic amines is 1. The molecule has 9 heteroatoms. The molecule has 0 saturated carbocycles. The number of carbonyl (C=O) groups is 1. The molecule has 0 aliphatic carbocycles. The number of amidine groups is 1. The summed E-state index contributed by atoms with van der Waals surface area (Å²) in [4.78, 5) is 42.7. The van der Waals surface area contributed by atoms with Crippen molar-refractivity contribution in [3.05, 3.63) is 135 Å². The van der Waals surface area contributed by atoms with E-state index < -0.39 is 0 Å². The van der Waals surface area contributed by atoms with E-state index in [1.54, 1.807) is 15.6 Å². The van der Waals surface area contributed by atoms with E-state index in [1.807, 2.05) is 104 Å². The standard InChI is InChI=1S/C35H30N6O2S/c1-22-19-26(23(2)40(22)41-24(3)37-31-16-10-8-14-29(31)33(41)42)20-32-34(43)39(35(44-32)38-27-11-5-4-6-12-27)18-17-25-21-36-30-15-9-7-13-28(25)30/h4-16,19-21,36H,17-18H2,1-3H3. The normalized spacial score (nSPS) is 15.4. The highest BCUT2D eigenvalue weighted by Crippen LogP contribution is 2.35. The molecule has 3 aromatic carbocycles. The van der Waals surface area contributed by atoms with Gasteiger partial charge in [-0.3, -0.25) is 19.2 Å². The van der Waals surface area contributed by atoms with Crippen LogP contribution in [-0.2, 0) is 11.2 Å². The molecule has 1 fully saturated rings. The minimum Gasteiger partial charge on any atom is -0.361 e. The van der Waals surface area contributed by atoms with E-state index in [0.29, 0.717) is 39.8 Å². The van der Waals surface area contributed by atoms with Gasteiger partial charge in [0.05, 0.1) is 21.5 Å². The molecule has 1 amide bonds. The number of fused-ring (bicyclic) bond motifs is 2. The Labute approximate surface area is 258 Å². The maximum Gasteiger partial charge on any atom is 0.280 e. The molecule has 1 aliphatic heterocycles. The van der Waals surface area contributed by atoms with Gasteiger partial charge in [0.25, 0.3) is 11.5 Å². The maximum atomic E-state index is 13.9. The van der Waals surface area contributed by atoms with Crippen molar-refractivity contribution in [2.45, 2.75) is 27.2 Å². The Morgan fingerprint density at radius 2 is 1.61 bits per heavy atom. The number of aliphatic imine (C=N–C) groups is 1. The van der Waals surface area contributed by atoms with Gasteiger partial charge in [-0.05, 0) is 92.6 Å². The molecule has 44 heavy (non-hydrogen) atoms. The molecule has 0 radical (unpaired) electrons. The summed E-state index contributed by atoms with van der Waals surface area (Å²) in [6.45, 7) is 6.24. The molecule has 218 valence electrons. The summed E-state index contributed by atoms with van der Waals surface area (Å²) in [5.74, 6) is 0.497. The number of amides is 1. The van der Waals surface area contributed by atoms with Crippen LogP contribution in [-0.4, -0.2) is 41.8 Å². The number of aromatic nitrogens is 4. The van der Waals surface area contributed by atoms with Crippen molar-refractivity contribution in [1.82, 2.24) is 24.2 Å². The third kappa shape index (κ3) is 4.85. The van der Waals surface area contributed by atoms with Crippen LogP contribution in [0.5, 0.6) is 0 Å². The quantitative estimate of drug-likeness (QED) is 0.215. The van der Waals surface area contributed by atoms with E-state index in [1.165, 1.54) is 11.8 Å². The number of para-hydroxylation sites is 3. The van der Waals surface area contributed by atoms with Crippen LogP contribution in [0.3, 0.4) is 0 Å². The molecule has 1 N–H and O–H groups in total. The van der Waals surface area contributed by atoms with Crippen LogP contribution in [0.25, 0.3) is 27.9 Å². The predicted molar refractivity (Wildman–Crippen MR) is 178 cm³/mol. The maximum absolute atomic E-state index is 13.9. The molecular formula is C35H30N6O2S. The van der Waals surface area contributed by atoms with Gasteiger partial charge in [-0.15, -0.1) is 0 Å². The van der Waals surface area contributed by atoms with Crippen molar-refractivity contribution in [2.75, 3.05) is 6.54 Å². The number of H-pyrrole nitrogens is 1. The molecule has 0 unspecified atom stereocenters. The number of hydrogen-bond donors (Lipinski definition) is 1. The second kappa shape index (κ2) is 11.2. The van der Waals surface area contributed by atoms with E-state index in [-0.39, 0.29) is 11.5 Å². The van der Waals surface area contributed by atoms with Gasteiger partial charge < -0.3 is 4.98 Å². The van der Waals surface area contributed by atoms with E-state index in [0.717, 1.165) is 39.1 Å². The van der Waals surface area contributed by atoms with Gasteiger partial charge in [-0.2, -0.15) is 4.68 Å². The zero-order valence-electron chi connectivity index (χ0n) is 24.6. The summed E-state index contributed by atoms with van der Waals surface area (Å²) < 4.78 is 3.48. The molecule has 1 saturated heterocycles. The average Bonchev–Trinajstić information content (AvgIpc) is 3.66. The van der Waals surface area contributed by atoms with Crippen LogP contribution in [0.1, 0.15) is 28.3 Å². The molecule has 0 atom stereocenters.